The molecule has 0 saturated carbocycles. The van der Waals surface area contributed by atoms with Crippen molar-refractivity contribution in [1.29, 1.82) is 0 Å². The second kappa shape index (κ2) is 6.77. The average molecular weight is 364 g/mol. The van der Waals surface area contributed by atoms with Crippen molar-refractivity contribution in [2.24, 2.45) is 5.10 Å². The summed E-state index contributed by atoms with van der Waals surface area (Å²) >= 11 is 0. The van der Waals surface area contributed by atoms with Crippen molar-refractivity contribution in [2.75, 3.05) is 5.43 Å². The van der Waals surface area contributed by atoms with Gasteiger partial charge in [0.2, 0.25) is 0 Å². The molecular weight excluding hydrogens is 350 g/mol. The van der Waals surface area contributed by atoms with Crippen molar-refractivity contribution in [3.05, 3.63) is 46.9 Å². The minimum atomic E-state index is -4.48. The van der Waals surface area contributed by atoms with E-state index in [1.165, 1.54) is 19.2 Å². The van der Waals surface area contributed by atoms with Crippen LogP contribution in [-0.4, -0.2) is 21.9 Å². The molecule has 2 rings (SSSR count). The summed E-state index contributed by atoms with van der Waals surface area (Å²) in [5, 5.41) is 3.80. The van der Waals surface area contributed by atoms with Crippen molar-refractivity contribution in [3.63, 3.8) is 0 Å². The number of nitrogens with one attached hydrogen (secondary N) is 1. The maximum absolute atomic E-state index is 12.5. The average Bonchev–Trinajstić information content (AvgIpc) is 2.73. The fourth-order valence-electron chi connectivity index (χ4n) is 2.18. The van der Waals surface area contributed by atoms with Crippen LogP contribution in [0.2, 0.25) is 0 Å². The van der Waals surface area contributed by atoms with E-state index >= 15 is 0 Å². The number of halogens is 6. The van der Waals surface area contributed by atoms with Crippen LogP contribution in [-0.2, 0) is 12.7 Å². The molecule has 0 aliphatic carbocycles. The number of aryl methyl sites for hydroxylation is 1. The smallest absolute Gasteiger partial charge is 0.339 e. The standard InChI is InChI=1S/C15H14F6N4/c1-9-5-11(10(2)25(9)8-14(16,17)18)6-23-24-13-4-3-12(7-22-13)15(19,20)21/h3-7H,8H2,1-2H3,(H,22,24)/b23-6-. The van der Waals surface area contributed by atoms with Gasteiger partial charge in [-0.05, 0) is 32.0 Å². The maximum atomic E-state index is 12.5. The molecule has 4 nitrogen and oxygen atoms in total. The largest absolute Gasteiger partial charge is 0.417 e. The lowest BCUT2D eigenvalue weighted by atomic mass is 10.3. The molecule has 0 aromatic carbocycles. The minimum absolute atomic E-state index is 0.0772. The first-order chi connectivity index (χ1) is 11.5. The molecule has 2 heterocycles. The van der Waals surface area contributed by atoms with Crippen molar-refractivity contribution in [3.8, 4) is 0 Å². The van der Waals surface area contributed by atoms with E-state index in [-0.39, 0.29) is 5.82 Å². The number of hydrogen-bond acceptors (Lipinski definition) is 3. The molecule has 10 heteroatoms. The lowest BCUT2D eigenvalue weighted by Gasteiger charge is -2.12. The highest BCUT2D eigenvalue weighted by Crippen LogP contribution is 2.28. The number of nitrogens with zero attached hydrogens (tertiary/aromatic N) is 3. The summed E-state index contributed by atoms with van der Waals surface area (Å²) in [6, 6.07) is 3.49. The Balaban J connectivity index is 2.09. The number of hydrazone groups is 1. The van der Waals surface area contributed by atoms with Crippen LogP contribution in [0.5, 0.6) is 0 Å². The Labute approximate surface area is 139 Å². The Hall–Kier alpha value is -2.52. The number of pyridine rings is 1. The first-order valence-corrected chi connectivity index (χ1v) is 7.03. The summed E-state index contributed by atoms with van der Waals surface area (Å²) in [5.41, 5.74) is 2.80. The highest BCUT2D eigenvalue weighted by Gasteiger charge is 2.31. The summed E-state index contributed by atoms with van der Waals surface area (Å²) in [5.74, 6) is 0.0772. The number of hydrogen-bond donors (Lipinski definition) is 1. The highest BCUT2D eigenvalue weighted by atomic mass is 19.4. The lowest BCUT2D eigenvalue weighted by Crippen LogP contribution is -2.19. The fourth-order valence-corrected chi connectivity index (χ4v) is 2.18. The van der Waals surface area contributed by atoms with Gasteiger partial charge in [0, 0.05) is 23.1 Å². The molecule has 0 bridgehead atoms. The van der Waals surface area contributed by atoms with Crippen LogP contribution < -0.4 is 5.43 Å². The van der Waals surface area contributed by atoms with Crippen LogP contribution in [0, 0.1) is 13.8 Å². The molecule has 0 spiro atoms. The third-order valence-electron chi connectivity index (χ3n) is 3.42. The monoisotopic (exact) mass is 364 g/mol. The third-order valence-corrected chi connectivity index (χ3v) is 3.42. The second-order valence-corrected chi connectivity index (χ2v) is 5.33. The number of rotatable bonds is 4. The van der Waals surface area contributed by atoms with E-state index in [2.05, 4.69) is 15.5 Å². The maximum Gasteiger partial charge on any atom is 0.417 e. The van der Waals surface area contributed by atoms with Gasteiger partial charge in [-0.3, -0.25) is 5.43 Å². The molecule has 0 unspecified atom stereocenters. The zero-order valence-electron chi connectivity index (χ0n) is 13.2. The summed E-state index contributed by atoms with van der Waals surface area (Å²) in [6.45, 7) is 1.96. The molecule has 136 valence electrons. The molecule has 0 radical (unpaired) electrons. The van der Waals surface area contributed by atoms with Crippen molar-refractivity contribution < 1.29 is 26.3 Å². The van der Waals surface area contributed by atoms with Gasteiger partial charge in [0.05, 0.1) is 11.8 Å². The molecular formula is C15H14F6N4. The van der Waals surface area contributed by atoms with Gasteiger partial charge in [0.25, 0.3) is 0 Å². The van der Waals surface area contributed by atoms with Crippen LogP contribution in [0.25, 0.3) is 0 Å². The third kappa shape index (κ3) is 4.97. The lowest BCUT2D eigenvalue weighted by molar-refractivity contribution is -0.141. The van der Waals surface area contributed by atoms with E-state index in [9.17, 15) is 26.3 Å². The molecule has 0 saturated heterocycles. The Morgan fingerprint density at radius 3 is 2.36 bits per heavy atom. The van der Waals surface area contributed by atoms with E-state index < -0.39 is 24.5 Å². The topological polar surface area (TPSA) is 42.2 Å². The molecule has 0 aliphatic rings. The summed E-state index contributed by atoms with van der Waals surface area (Å²) in [6.07, 6.45) is -6.88. The number of aromatic nitrogens is 2. The van der Waals surface area contributed by atoms with Crippen molar-refractivity contribution in [2.45, 2.75) is 32.7 Å². The van der Waals surface area contributed by atoms with E-state index in [1.807, 2.05) is 0 Å². The van der Waals surface area contributed by atoms with Gasteiger partial charge in [-0.15, -0.1) is 0 Å². The Kier molecular flexibility index (Phi) is 5.09. The van der Waals surface area contributed by atoms with Gasteiger partial charge in [-0.25, -0.2) is 4.98 Å². The molecule has 0 amide bonds. The zero-order chi connectivity index (χ0) is 18.8. The Morgan fingerprint density at radius 1 is 1.16 bits per heavy atom. The van der Waals surface area contributed by atoms with Gasteiger partial charge in [0.15, 0.2) is 0 Å². The normalized spacial score (nSPS) is 12.8. The summed E-state index contributed by atoms with van der Waals surface area (Å²) in [7, 11) is 0. The molecule has 25 heavy (non-hydrogen) atoms. The van der Waals surface area contributed by atoms with Crippen molar-refractivity contribution in [1.82, 2.24) is 9.55 Å². The minimum Gasteiger partial charge on any atom is -0.339 e. The second-order valence-electron chi connectivity index (χ2n) is 5.33. The van der Waals surface area contributed by atoms with E-state index in [4.69, 9.17) is 0 Å². The van der Waals surface area contributed by atoms with Gasteiger partial charge < -0.3 is 4.57 Å². The first-order valence-electron chi connectivity index (χ1n) is 7.03. The van der Waals surface area contributed by atoms with Crippen LogP contribution in [0.4, 0.5) is 32.2 Å². The predicted molar refractivity (Wildman–Crippen MR) is 80.4 cm³/mol. The summed E-state index contributed by atoms with van der Waals surface area (Å²) < 4.78 is 76.0. The number of anilines is 1. The van der Waals surface area contributed by atoms with Crippen LogP contribution in [0.3, 0.4) is 0 Å². The van der Waals surface area contributed by atoms with Gasteiger partial charge >= 0.3 is 12.4 Å². The SMILES string of the molecule is Cc1cc(/C=N\Nc2ccc(C(F)(F)F)cn2)c(C)n1CC(F)(F)F. The van der Waals surface area contributed by atoms with Crippen LogP contribution >= 0.6 is 0 Å². The van der Waals surface area contributed by atoms with Gasteiger partial charge in [0.1, 0.15) is 12.4 Å². The van der Waals surface area contributed by atoms with Crippen LogP contribution in [0.1, 0.15) is 22.5 Å². The zero-order valence-corrected chi connectivity index (χ0v) is 13.2. The molecule has 0 aliphatic heterocycles. The number of alkyl halides is 6. The molecule has 2 aromatic rings. The predicted octanol–water partition coefficient (Wildman–Crippen LogP) is 4.53. The van der Waals surface area contributed by atoms with Crippen LogP contribution in [0.15, 0.2) is 29.5 Å². The van der Waals surface area contributed by atoms with E-state index in [0.29, 0.717) is 23.1 Å². The molecule has 0 fully saturated rings. The quantitative estimate of drug-likeness (QED) is 0.492. The Morgan fingerprint density at radius 2 is 1.84 bits per heavy atom. The molecule has 1 N–H and O–H groups in total. The van der Waals surface area contributed by atoms with Crippen molar-refractivity contribution >= 4 is 12.0 Å². The molecule has 0 atom stereocenters. The Bertz CT molecular complexity index is 756. The molecule has 2 aromatic heterocycles. The fraction of sp³-hybridized carbons (Fsp3) is 0.333. The van der Waals surface area contributed by atoms with E-state index in [0.717, 1.165) is 16.7 Å². The van der Waals surface area contributed by atoms with Gasteiger partial charge in [-0.1, -0.05) is 0 Å². The van der Waals surface area contributed by atoms with Gasteiger partial charge in [-0.2, -0.15) is 31.4 Å². The first kappa shape index (κ1) is 18.8. The summed E-state index contributed by atoms with van der Waals surface area (Å²) in [4.78, 5) is 3.57. The van der Waals surface area contributed by atoms with E-state index in [1.54, 1.807) is 6.92 Å². The highest BCUT2D eigenvalue weighted by molar-refractivity contribution is 5.82.